The van der Waals surface area contributed by atoms with Crippen LogP contribution in [-0.4, -0.2) is 34.6 Å². The summed E-state index contributed by atoms with van der Waals surface area (Å²) in [6.45, 7) is 1.15. The highest BCUT2D eigenvalue weighted by molar-refractivity contribution is 5.72. The Hall–Kier alpha value is -0.570. The third kappa shape index (κ3) is 1.99. The monoisotopic (exact) mass is 237 g/mol. The van der Waals surface area contributed by atoms with E-state index in [0.717, 1.165) is 25.3 Å². The standard InChI is InChI=1S/C14H23NO2/c16-14(17)11-7-8-13(11)15-9-3-5-10-4-1-2-6-12(10)15/h10-13H,1-9H2,(H,16,17). The van der Waals surface area contributed by atoms with Crippen LogP contribution < -0.4 is 0 Å². The summed E-state index contributed by atoms with van der Waals surface area (Å²) in [7, 11) is 0. The van der Waals surface area contributed by atoms with E-state index >= 15 is 0 Å². The molecule has 3 rings (SSSR count). The van der Waals surface area contributed by atoms with Gasteiger partial charge in [0.25, 0.3) is 0 Å². The van der Waals surface area contributed by atoms with Gasteiger partial charge in [-0.05, 0) is 51.0 Å². The quantitative estimate of drug-likeness (QED) is 0.802. The van der Waals surface area contributed by atoms with E-state index in [0.29, 0.717) is 12.1 Å². The van der Waals surface area contributed by atoms with Gasteiger partial charge in [-0.25, -0.2) is 0 Å². The first-order chi connectivity index (χ1) is 8.27. The van der Waals surface area contributed by atoms with Crippen molar-refractivity contribution in [3.05, 3.63) is 0 Å². The molecule has 2 saturated carbocycles. The highest BCUT2D eigenvalue weighted by atomic mass is 16.4. The van der Waals surface area contributed by atoms with Crippen LogP contribution in [0, 0.1) is 11.8 Å². The smallest absolute Gasteiger partial charge is 0.308 e. The Labute approximate surface area is 103 Å². The van der Waals surface area contributed by atoms with Gasteiger partial charge in [-0.3, -0.25) is 9.69 Å². The SMILES string of the molecule is O=C(O)C1CCC1N1CCCC2CCCCC21. The molecule has 0 aromatic carbocycles. The first-order valence-corrected chi connectivity index (χ1v) is 7.26. The molecule has 1 heterocycles. The van der Waals surface area contributed by atoms with E-state index in [2.05, 4.69) is 4.90 Å². The molecule has 17 heavy (non-hydrogen) atoms. The first kappa shape index (κ1) is 11.5. The largest absolute Gasteiger partial charge is 0.481 e. The van der Waals surface area contributed by atoms with E-state index in [-0.39, 0.29) is 5.92 Å². The Morgan fingerprint density at radius 2 is 1.71 bits per heavy atom. The average molecular weight is 237 g/mol. The zero-order valence-electron chi connectivity index (χ0n) is 10.5. The molecule has 1 N–H and O–H groups in total. The molecule has 4 atom stereocenters. The summed E-state index contributed by atoms with van der Waals surface area (Å²) in [5, 5.41) is 9.20. The number of carbonyl (C=O) groups is 1. The number of fused-ring (bicyclic) bond motifs is 1. The van der Waals surface area contributed by atoms with Gasteiger partial charge in [-0.2, -0.15) is 0 Å². The average Bonchev–Trinajstić information content (AvgIpc) is 2.27. The molecule has 0 spiro atoms. The van der Waals surface area contributed by atoms with Crippen molar-refractivity contribution >= 4 is 5.97 Å². The second-order valence-corrected chi connectivity index (χ2v) is 6.08. The van der Waals surface area contributed by atoms with Gasteiger partial charge in [0.1, 0.15) is 0 Å². The molecule has 3 aliphatic rings. The van der Waals surface area contributed by atoms with Crippen molar-refractivity contribution in [3.63, 3.8) is 0 Å². The molecule has 96 valence electrons. The minimum Gasteiger partial charge on any atom is -0.481 e. The van der Waals surface area contributed by atoms with Gasteiger partial charge in [0.05, 0.1) is 5.92 Å². The molecule has 0 bridgehead atoms. The third-order valence-corrected chi connectivity index (χ3v) is 5.27. The molecule has 0 aromatic rings. The van der Waals surface area contributed by atoms with Gasteiger partial charge in [-0.15, -0.1) is 0 Å². The number of hydrogen-bond acceptors (Lipinski definition) is 2. The fourth-order valence-electron chi connectivity index (χ4n) is 4.24. The fraction of sp³-hybridized carbons (Fsp3) is 0.929. The summed E-state index contributed by atoms with van der Waals surface area (Å²) in [5.41, 5.74) is 0. The molecule has 2 aliphatic carbocycles. The summed E-state index contributed by atoms with van der Waals surface area (Å²) < 4.78 is 0. The van der Waals surface area contributed by atoms with Crippen LogP contribution in [0.1, 0.15) is 51.4 Å². The normalized spacial score (nSPS) is 42.6. The summed E-state index contributed by atoms with van der Waals surface area (Å²) in [5.74, 6) is 0.224. The fourth-order valence-corrected chi connectivity index (χ4v) is 4.24. The molecule has 0 aromatic heterocycles. The maximum Gasteiger partial charge on any atom is 0.308 e. The van der Waals surface area contributed by atoms with Crippen molar-refractivity contribution in [2.75, 3.05) is 6.54 Å². The van der Waals surface area contributed by atoms with Crippen molar-refractivity contribution in [3.8, 4) is 0 Å². The van der Waals surface area contributed by atoms with E-state index in [1.807, 2.05) is 0 Å². The molecule has 3 fully saturated rings. The molecule has 0 amide bonds. The molecule has 4 unspecified atom stereocenters. The topological polar surface area (TPSA) is 40.5 Å². The molecule has 3 nitrogen and oxygen atoms in total. The Morgan fingerprint density at radius 1 is 0.941 bits per heavy atom. The van der Waals surface area contributed by atoms with Gasteiger partial charge in [-0.1, -0.05) is 12.8 Å². The Bertz CT molecular complexity index is 303. The molecular weight excluding hydrogens is 214 g/mol. The zero-order chi connectivity index (χ0) is 11.8. The van der Waals surface area contributed by atoms with E-state index in [1.165, 1.54) is 38.5 Å². The van der Waals surface area contributed by atoms with Crippen LogP contribution in [0.15, 0.2) is 0 Å². The summed E-state index contributed by atoms with van der Waals surface area (Å²) in [6.07, 6.45) is 10.1. The van der Waals surface area contributed by atoms with Crippen molar-refractivity contribution in [1.82, 2.24) is 4.90 Å². The van der Waals surface area contributed by atoms with Crippen molar-refractivity contribution in [2.24, 2.45) is 11.8 Å². The zero-order valence-corrected chi connectivity index (χ0v) is 10.5. The lowest BCUT2D eigenvalue weighted by atomic mass is 9.72. The van der Waals surface area contributed by atoms with Gasteiger partial charge in [0.15, 0.2) is 0 Å². The van der Waals surface area contributed by atoms with E-state index < -0.39 is 5.97 Å². The molecular formula is C14H23NO2. The molecule has 1 aliphatic heterocycles. The number of nitrogens with zero attached hydrogens (tertiary/aromatic N) is 1. The van der Waals surface area contributed by atoms with Crippen LogP contribution in [0.2, 0.25) is 0 Å². The van der Waals surface area contributed by atoms with Crippen LogP contribution in [-0.2, 0) is 4.79 Å². The van der Waals surface area contributed by atoms with Gasteiger partial charge < -0.3 is 5.11 Å². The van der Waals surface area contributed by atoms with E-state index in [4.69, 9.17) is 0 Å². The Kier molecular flexibility index (Phi) is 3.12. The first-order valence-electron chi connectivity index (χ1n) is 7.26. The highest BCUT2D eigenvalue weighted by Crippen LogP contribution is 2.42. The Balaban J connectivity index is 1.71. The van der Waals surface area contributed by atoms with Gasteiger partial charge in [0, 0.05) is 12.1 Å². The molecule has 0 radical (unpaired) electrons. The second-order valence-electron chi connectivity index (χ2n) is 6.08. The van der Waals surface area contributed by atoms with Crippen molar-refractivity contribution < 1.29 is 9.90 Å². The summed E-state index contributed by atoms with van der Waals surface area (Å²) in [4.78, 5) is 13.7. The predicted octanol–water partition coefficient (Wildman–Crippen LogP) is 2.50. The van der Waals surface area contributed by atoms with Crippen molar-refractivity contribution in [1.29, 1.82) is 0 Å². The minimum atomic E-state index is -0.570. The van der Waals surface area contributed by atoms with Gasteiger partial charge >= 0.3 is 5.97 Å². The Morgan fingerprint density at radius 3 is 2.41 bits per heavy atom. The maximum absolute atomic E-state index is 11.2. The summed E-state index contributed by atoms with van der Waals surface area (Å²) >= 11 is 0. The van der Waals surface area contributed by atoms with Crippen LogP contribution >= 0.6 is 0 Å². The number of hydrogen-bond donors (Lipinski definition) is 1. The predicted molar refractivity (Wildman–Crippen MR) is 65.8 cm³/mol. The number of likely N-dealkylation sites (tertiary alicyclic amines) is 1. The number of carboxylic acid groups (broad SMARTS) is 1. The van der Waals surface area contributed by atoms with E-state index in [9.17, 15) is 9.90 Å². The minimum absolute atomic E-state index is 0.0734. The lowest BCUT2D eigenvalue weighted by molar-refractivity contribution is -0.151. The van der Waals surface area contributed by atoms with E-state index in [1.54, 1.807) is 0 Å². The van der Waals surface area contributed by atoms with Crippen molar-refractivity contribution in [2.45, 2.75) is 63.5 Å². The summed E-state index contributed by atoms with van der Waals surface area (Å²) in [6, 6.07) is 1.07. The second kappa shape index (κ2) is 4.60. The molecule has 1 saturated heterocycles. The highest BCUT2D eigenvalue weighted by Gasteiger charge is 2.45. The number of aliphatic carboxylic acids is 1. The third-order valence-electron chi connectivity index (χ3n) is 5.27. The maximum atomic E-state index is 11.2. The molecule has 3 heteroatoms. The lowest BCUT2D eigenvalue weighted by Gasteiger charge is -2.52. The lowest BCUT2D eigenvalue weighted by Crippen LogP contribution is -2.58. The van der Waals surface area contributed by atoms with Crippen LogP contribution in [0.5, 0.6) is 0 Å². The van der Waals surface area contributed by atoms with Crippen LogP contribution in [0.25, 0.3) is 0 Å². The van der Waals surface area contributed by atoms with Crippen LogP contribution in [0.3, 0.4) is 0 Å². The number of carboxylic acids is 1. The number of piperidine rings is 1. The number of rotatable bonds is 2. The van der Waals surface area contributed by atoms with Gasteiger partial charge in [0.2, 0.25) is 0 Å². The van der Waals surface area contributed by atoms with Crippen LogP contribution in [0.4, 0.5) is 0 Å².